The molecule has 0 saturated heterocycles. The highest BCUT2D eigenvalue weighted by atomic mass is 35.5. The second-order valence-electron chi connectivity index (χ2n) is 9.70. The van der Waals surface area contributed by atoms with Gasteiger partial charge in [0.25, 0.3) is 11.8 Å². The number of aliphatic imine (C=N–C) groups is 1. The standard InChI is InChI=1S/C29H27N5O5.ClH/c35-26(36)15-24(18-4-8-25-19(13-18)9-12-39-25)34-16-20-3-7-22(14-23(20)28(34)38)32-27(37)17-1-5-21(6-2-17)33-29-30-10-11-31-29;/h1-8,13-14,24H,9-12,15-16H2,(H,32,37)(H,35,36)(H2,30,31,33);1H. The van der Waals surface area contributed by atoms with E-state index in [1.807, 2.05) is 18.2 Å². The lowest BCUT2D eigenvalue weighted by Gasteiger charge is -2.27. The predicted molar refractivity (Wildman–Crippen MR) is 153 cm³/mol. The Morgan fingerprint density at radius 1 is 1.05 bits per heavy atom. The fourth-order valence-corrected chi connectivity index (χ4v) is 5.17. The minimum atomic E-state index is -0.984. The van der Waals surface area contributed by atoms with Crippen molar-refractivity contribution >= 4 is 47.5 Å². The molecular formula is C29H28ClN5O5. The first-order valence-electron chi connectivity index (χ1n) is 12.8. The highest BCUT2D eigenvalue weighted by Gasteiger charge is 2.35. The molecule has 4 N–H and O–H groups in total. The Balaban J connectivity index is 0.00000323. The van der Waals surface area contributed by atoms with Gasteiger partial charge >= 0.3 is 5.97 Å². The van der Waals surface area contributed by atoms with Crippen molar-refractivity contribution in [3.8, 4) is 5.75 Å². The lowest BCUT2D eigenvalue weighted by Crippen LogP contribution is -2.31. The Morgan fingerprint density at radius 3 is 2.60 bits per heavy atom. The van der Waals surface area contributed by atoms with Gasteiger partial charge in [0.2, 0.25) is 0 Å². The van der Waals surface area contributed by atoms with Gasteiger partial charge in [-0.2, -0.15) is 0 Å². The minimum absolute atomic E-state index is 0. The van der Waals surface area contributed by atoms with Crippen molar-refractivity contribution in [1.29, 1.82) is 0 Å². The van der Waals surface area contributed by atoms with Crippen molar-refractivity contribution in [2.75, 3.05) is 30.3 Å². The highest BCUT2D eigenvalue weighted by molar-refractivity contribution is 6.06. The van der Waals surface area contributed by atoms with Crippen LogP contribution in [-0.4, -0.2) is 53.4 Å². The summed E-state index contributed by atoms with van der Waals surface area (Å²) in [6.45, 7) is 2.42. The van der Waals surface area contributed by atoms with E-state index < -0.39 is 12.0 Å². The van der Waals surface area contributed by atoms with Gasteiger partial charge in [0.05, 0.1) is 25.6 Å². The van der Waals surface area contributed by atoms with E-state index in [2.05, 4.69) is 20.9 Å². The fourth-order valence-electron chi connectivity index (χ4n) is 5.17. The molecule has 3 heterocycles. The first kappa shape index (κ1) is 27.0. The SMILES string of the molecule is Cl.O=C(O)CC(c1ccc2c(c1)CCO2)N1Cc2ccc(NC(=O)c3ccc(NC4=NCCN4)cc3)cc2C1=O. The average Bonchev–Trinajstić information content (AvgIpc) is 3.68. The number of ether oxygens (including phenoxy) is 1. The molecule has 11 heteroatoms. The molecule has 10 nitrogen and oxygen atoms in total. The molecule has 0 bridgehead atoms. The Kier molecular flexibility index (Phi) is 7.61. The number of hydrogen-bond donors (Lipinski definition) is 4. The average molecular weight is 562 g/mol. The highest BCUT2D eigenvalue weighted by Crippen LogP contribution is 2.37. The first-order valence-corrected chi connectivity index (χ1v) is 12.8. The maximum absolute atomic E-state index is 13.5. The number of nitrogens with one attached hydrogen (secondary N) is 3. The number of carbonyl (C=O) groups excluding carboxylic acids is 2. The fraction of sp³-hybridized carbons (Fsp3) is 0.241. The number of rotatable bonds is 7. The summed E-state index contributed by atoms with van der Waals surface area (Å²) in [5.74, 6) is -0.0374. The molecular weight excluding hydrogens is 534 g/mol. The van der Waals surface area contributed by atoms with E-state index >= 15 is 0 Å². The normalized spacial score (nSPS) is 15.7. The van der Waals surface area contributed by atoms with Crippen molar-refractivity contribution in [1.82, 2.24) is 10.2 Å². The van der Waals surface area contributed by atoms with Crippen LogP contribution in [0.3, 0.4) is 0 Å². The molecule has 3 aromatic carbocycles. The third kappa shape index (κ3) is 5.43. The van der Waals surface area contributed by atoms with E-state index in [0.717, 1.165) is 47.6 Å². The molecule has 0 fully saturated rings. The summed E-state index contributed by atoms with van der Waals surface area (Å²) >= 11 is 0. The zero-order valence-corrected chi connectivity index (χ0v) is 22.3. The number of amides is 2. The maximum atomic E-state index is 13.5. The van der Waals surface area contributed by atoms with Crippen molar-refractivity contribution in [2.45, 2.75) is 25.4 Å². The van der Waals surface area contributed by atoms with E-state index in [4.69, 9.17) is 4.74 Å². The van der Waals surface area contributed by atoms with Crippen molar-refractivity contribution < 1.29 is 24.2 Å². The van der Waals surface area contributed by atoms with Crippen LogP contribution in [-0.2, 0) is 17.8 Å². The Morgan fingerprint density at radius 2 is 1.85 bits per heavy atom. The van der Waals surface area contributed by atoms with Crippen molar-refractivity contribution in [3.63, 3.8) is 0 Å². The van der Waals surface area contributed by atoms with Gasteiger partial charge in [-0.3, -0.25) is 19.4 Å². The van der Waals surface area contributed by atoms with Gasteiger partial charge in [0.15, 0.2) is 5.96 Å². The molecule has 40 heavy (non-hydrogen) atoms. The monoisotopic (exact) mass is 561 g/mol. The van der Waals surface area contributed by atoms with Gasteiger partial charge in [-0.15, -0.1) is 12.4 Å². The molecule has 1 unspecified atom stereocenters. The number of fused-ring (bicyclic) bond motifs is 2. The van der Waals surface area contributed by atoms with Crippen LogP contribution in [0.2, 0.25) is 0 Å². The molecule has 2 amide bonds. The summed E-state index contributed by atoms with van der Waals surface area (Å²) in [6.07, 6.45) is 0.545. The Labute approximate surface area is 236 Å². The number of nitrogens with zero attached hydrogens (tertiary/aromatic N) is 2. The molecule has 0 aliphatic carbocycles. The van der Waals surface area contributed by atoms with E-state index in [1.54, 1.807) is 47.4 Å². The zero-order chi connectivity index (χ0) is 26.9. The summed E-state index contributed by atoms with van der Waals surface area (Å²) in [5, 5.41) is 18.8. The third-order valence-electron chi connectivity index (χ3n) is 7.13. The van der Waals surface area contributed by atoms with Gasteiger partial charge in [-0.25, -0.2) is 0 Å². The summed E-state index contributed by atoms with van der Waals surface area (Å²) in [4.78, 5) is 44.0. The molecule has 0 spiro atoms. The van der Waals surface area contributed by atoms with Crippen LogP contribution in [0.15, 0.2) is 65.7 Å². The number of halogens is 1. The Hall–Kier alpha value is -4.57. The number of hydrogen-bond acceptors (Lipinski definition) is 7. The zero-order valence-electron chi connectivity index (χ0n) is 21.5. The predicted octanol–water partition coefficient (Wildman–Crippen LogP) is 3.84. The van der Waals surface area contributed by atoms with Gasteiger partial charge in [-0.05, 0) is 65.2 Å². The van der Waals surface area contributed by atoms with Crippen LogP contribution >= 0.6 is 12.4 Å². The van der Waals surface area contributed by atoms with Gasteiger partial charge < -0.3 is 30.7 Å². The van der Waals surface area contributed by atoms with Crippen LogP contribution in [0.4, 0.5) is 11.4 Å². The summed E-state index contributed by atoms with van der Waals surface area (Å²) in [5.41, 5.74) is 4.81. The van der Waals surface area contributed by atoms with Crippen LogP contribution in [0, 0.1) is 0 Å². The van der Waals surface area contributed by atoms with E-state index in [-0.39, 0.29) is 30.6 Å². The second-order valence-corrected chi connectivity index (χ2v) is 9.70. The van der Waals surface area contributed by atoms with Crippen molar-refractivity contribution in [3.05, 3.63) is 88.5 Å². The van der Waals surface area contributed by atoms with Crippen molar-refractivity contribution in [2.24, 2.45) is 4.99 Å². The largest absolute Gasteiger partial charge is 0.493 e. The number of anilines is 2. The maximum Gasteiger partial charge on any atom is 0.305 e. The molecule has 206 valence electrons. The van der Waals surface area contributed by atoms with E-state index in [9.17, 15) is 19.5 Å². The van der Waals surface area contributed by atoms with Crippen LogP contribution in [0.25, 0.3) is 0 Å². The van der Waals surface area contributed by atoms with Gasteiger partial charge in [0, 0.05) is 42.0 Å². The summed E-state index contributed by atoms with van der Waals surface area (Å²) in [7, 11) is 0. The molecule has 0 aromatic heterocycles. The molecule has 0 radical (unpaired) electrons. The number of aliphatic carboxylic acids is 1. The smallest absolute Gasteiger partial charge is 0.305 e. The third-order valence-corrected chi connectivity index (χ3v) is 7.13. The molecule has 3 aromatic rings. The summed E-state index contributed by atoms with van der Waals surface area (Å²) in [6, 6.07) is 17.2. The van der Waals surface area contributed by atoms with Crippen LogP contribution in [0.5, 0.6) is 5.75 Å². The number of carboxylic acids is 1. The number of carboxylic acid groups (broad SMARTS) is 1. The molecule has 1 atom stereocenters. The lowest BCUT2D eigenvalue weighted by atomic mass is 9.99. The van der Waals surface area contributed by atoms with Gasteiger partial charge in [0.1, 0.15) is 5.75 Å². The number of guanidine groups is 1. The van der Waals surface area contributed by atoms with Crippen LogP contribution in [0.1, 0.15) is 49.9 Å². The second kappa shape index (κ2) is 11.3. The van der Waals surface area contributed by atoms with Crippen LogP contribution < -0.4 is 20.7 Å². The van der Waals surface area contributed by atoms with E-state index in [1.165, 1.54) is 0 Å². The molecule has 0 saturated carbocycles. The van der Waals surface area contributed by atoms with Gasteiger partial charge in [-0.1, -0.05) is 12.1 Å². The minimum Gasteiger partial charge on any atom is -0.493 e. The molecule has 6 rings (SSSR count). The number of carbonyl (C=O) groups is 3. The quantitative estimate of drug-likeness (QED) is 0.344. The Bertz CT molecular complexity index is 1510. The van der Waals surface area contributed by atoms with E-state index in [0.29, 0.717) is 35.9 Å². The first-order chi connectivity index (χ1) is 18.9. The molecule has 3 aliphatic rings. The topological polar surface area (TPSA) is 132 Å². The summed E-state index contributed by atoms with van der Waals surface area (Å²) < 4.78 is 5.58. The molecule has 3 aliphatic heterocycles. The lowest BCUT2D eigenvalue weighted by molar-refractivity contribution is -0.138. The number of benzene rings is 3.